The van der Waals surface area contributed by atoms with E-state index < -0.39 is 5.97 Å². The van der Waals surface area contributed by atoms with Crippen molar-refractivity contribution in [3.8, 4) is 0 Å². The fourth-order valence-corrected chi connectivity index (χ4v) is 1.18. The second-order valence-electron chi connectivity index (χ2n) is 2.37. The maximum Gasteiger partial charge on any atom is 0.357 e. The third kappa shape index (κ3) is 1.30. The highest BCUT2D eigenvalue weighted by molar-refractivity contribution is 6.33. The van der Waals surface area contributed by atoms with Gasteiger partial charge in [0.2, 0.25) is 0 Å². The molecule has 12 heavy (non-hydrogen) atoms. The number of carboxylic acids is 1. The highest BCUT2D eigenvalue weighted by atomic mass is 35.5. The molecule has 0 aliphatic rings. The molecule has 0 spiro atoms. The van der Waals surface area contributed by atoms with E-state index in [0.717, 1.165) is 0 Å². The number of nitrogens with zero attached hydrogens (tertiary/aromatic N) is 2. The molecule has 0 aromatic carbocycles. The van der Waals surface area contributed by atoms with E-state index in [4.69, 9.17) is 16.7 Å². The zero-order valence-corrected chi connectivity index (χ0v) is 7.59. The van der Waals surface area contributed by atoms with Crippen LogP contribution in [0.25, 0.3) is 0 Å². The lowest BCUT2D eigenvalue weighted by Crippen LogP contribution is -2.02. The Labute approximate surface area is 74.8 Å². The first-order valence-electron chi connectivity index (χ1n) is 3.54. The minimum atomic E-state index is -1.09. The van der Waals surface area contributed by atoms with Crippen molar-refractivity contribution < 1.29 is 9.90 Å². The normalized spacial score (nSPS) is 10.2. The van der Waals surface area contributed by atoms with E-state index in [1.165, 1.54) is 0 Å². The van der Waals surface area contributed by atoms with E-state index in [2.05, 4.69) is 5.10 Å². The van der Waals surface area contributed by atoms with Crippen molar-refractivity contribution in [2.24, 2.45) is 0 Å². The predicted octanol–water partition coefficient (Wildman–Crippen LogP) is 1.56. The molecule has 0 aliphatic heterocycles. The molecule has 0 fully saturated rings. The van der Waals surface area contributed by atoms with E-state index in [-0.39, 0.29) is 10.7 Å². The van der Waals surface area contributed by atoms with Crippen LogP contribution in [0.1, 0.15) is 23.1 Å². The molecule has 5 heteroatoms. The lowest BCUT2D eigenvalue weighted by molar-refractivity contribution is 0.0689. The summed E-state index contributed by atoms with van der Waals surface area (Å²) in [4.78, 5) is 10.5. The van der Waals surface area contributed by atoms with Crippen molar-refractivity contribution in [1.29, 1.82) is 0 Å². The number of aromatic carboxylic acids is 1. The summed E-state index contributed by atoms with van der Waals surface area (Å²) in [5.41, 5.74) is 0.618. The van der Waals surface area contributed by atoms with Crippen LogP contribution in [0.2, 0.25) is 5.02 Å². The van der Waals surface area contributed by atoms with Gasteiger partial charge in [0.25, 0.3) is 0 Å². The Hall–Kier alpha value is -1.03. The van der Waals surface area contributed by atoms with E-state index in [9.17, 15) is 4.79 Å². The largest absolute Gasteiger partial charge is 0.476 e. The number of aromatic nitrogens is 2. The summed E-state index contributed by atoms with van der Waals surface area (Å²) < 4.78 is 1.56. The van der Waals surface area contributed by atoms with Gasteiger partial charge in [-0.15, -0.1) is 0 Å². The van der Waals surface area contributed by atoms with Crippen LogP contribution in [-0.4, -0.2) is 20.9 Å². The lowest BCUT2D eigenvalue weighted by Gasteiger charge is -1.95. The number of halogens is 1. The Morgan fingerprint density at radius 3 is 2.58 bits per heavy atom. The van der Waals surface area contributed by atoms with Gasteiger partial charge in [0, 0.05) is 6.54 Å². The van der Waals surface area contributed by atoms with Gasteiger partial charge in [-0.1, -0.05) is 11.6 Å². The summed E-state index contributed by atoms with van der Waals surface area (Å²) in [6.07, 6.45) is 0. The van der Waals surface area contributed by atoms with E-state index in [1.54, 1.807) is 11.6 Å². The molecule has 66 valence electrons. The van der Waals surface area contributed by atoms with Gasteiger partial charge in [0.15, 0.2) is 5.69 Å². The molecular weight excluding hydrogens is 180 g/mol. The van der Waals surface area contributed by atoms with Gasteiger partial charge in [-0.25, -0.2) is 4.79 Å². The van der Waals surface area contributed by atoms with Crippen molar-refractivity contribution in [3.63, 3.8) is 0 Å². The predicted molar refractivity (Wildman–Crippen MR) is 44.6 cm³/mol. The summed E-state index contributed by atoms with van der Waals surface area (Å²) >= 11 is 5.72. The van der Waals surface area contributed by atoms with Crippen LogP contribution in [0.5, 0.6) is 0 Å². The second kappa shape index (κ2) is 3.15. The zero-order valence-electron chi connectivity index (χ0n) is 6.83. The van der Waals surface area contributed by atoms with Gasteiger partial charge >= 0.3 is 5.97 Å². The van der Waals surface area contributed by atoms with E-state index >= 15 is 0 Å². The fourth-order valence-electron chi connectivity index (χ4n) is 0.969. The van der Waals surface area contributed by atoms with Crippen LogP contribution < -0.4 is 0 Å². The smallest absolute Gasteiger partial charge is 0.357 e. The van der Waals surface area contributed by atoms with Crippen molar-refractivity contribution in [2.45, 2.75) is 20.4 Å². The molecule has 1 heterocycles. The lowest BCUT2D eigenvalue weighted by atomic mass is 10.4. The molecule has 0 bridgehead atoms. The highest BCUT2D eigenvalue weighted by Gasteiger charge is 2.17. The number of hydrogen-bond acceptors (Lipinski definition) is 2. The van der Waals surface area contributed by atoms with Crippen LogP contribution in [0.4, 0.5) is 0 Å². The molecule has 0 aliphatic carbocycles. The van der Waals surface area contributed by atoms with Crippen molar-refractivity contribution in [2.75, 3.05) is 0 Å². The first kappa shape index (κ1) is 9.06. The average molecular weight is 189 g/mol. The van der Waals surface area contributed by atoms with Crippen molar-refractivity contribution in [1.82, 2.24) is 9.78 Å². The summed E-state index contributed by atoms with van der Waals surface area (Å²) in [5.74, 6) is -1.09. The number of carbonyl (C=O) groups is 1. The molecular formula is C7H9ClN2O2. The van der Waals surface area contributed by atoms with Gasteiger partial charge < -0.3 is 5.11 Å². The molecule has 0 radical (unpaired) electrons. The zero-order chi connectivity index (χ0) is 9.30. The molecule has 1 aromatic heterocycles. The molecule has 1 aromatic rings. The molecule has 0 saturated carbocycles. The molecule has 0 saturated heterocycles. The number of rotatable bonds is 2. The maximum atomic E-state index is 10.5. The standard InChI is InChI=1S/C7H9ClN2O2/c1-3-10-4(2)5(8)6(9-10)7(11)12/h3H2,1-2H3,(H,11,12). The van der Waals surface area contributed by atoms with Gasteiger partial charge in [-0.2, -0.15) is 5.10 Å². The Bertz CT molecular complexity index is 319. The molecule has 1 N–H and O–H groups in total. The summed E-state index contributed by atoms with van der Waals surface area (Å²) in [6.45, 7) is 4.24. The Kier molecular flexibility index (Phi) is 2.38. The third-order valence-corrected chi connectivity index (χ3v) is 2.09. The number of hydrogen-bond donors (Lipinski definition) is 1. The Balaban J connectivity index is 3.25. The monoisotopic (exact) mass is 188 g/mol. The quantitative estimate of drug-likeness (QED) is 0.767. The van der Waals surface area contributed by atoms with E-state index in [0.29, 0.717) is 12.2 Å². The maximum absolute atomic E-state index is 10.5. The van der Waals surface area contributed by atoms with Crippen LogP contribution in [0.3, 0.4) is 0 Å². The average Bonchev–Trinajstić information content (AvgIpc) is 2.30. The molecule has 4 nitrogen and oxygen atoms in total. The van der Waals surface area contributed by atoms with Gasteiger partial charge in [-0.05, 0) is 13.8 Å². The number of carboxylic acid groups (broad SMARTS) is 1. The third-order valence-electron chi connectivity index (χ3n) is 1.64. The van der Waals surface area contributed by atoms with Gasteiger partial charge in [0.05, 0.1) is 10.7 Å². The molecule has 1 rings (SSSR count). The van der Waals surface area contributed by atoms with Crippen LogP contribution in [-0.2, 0) is 6.54 Å². The van der Waals surface area contributed by atoms with Crippen molar-refractivity contribution >= 4 is 17.6 Å². The summed E-state index contributed by atoms with van der Waals surface area (Å²) in [7, 11) is 0. The van der Waals surface area contributed by atoms with Crippen LogP contribution >= 0.6 is 11.6 Å². The topological polar surface area (TPSA) is 55.1 Å². The minimum Gasteiger partial charge on any atom is -0.476 e. The SMILES string of the molecule is CCn1nc(C(=O)O)c(Cl)c1C. The van der Waals surface area contributed by atoms with Gasteiger partial charge in [-0.3, -0.25) is 4.68 Å². The van der Waals surface area contributed by atoms with Crippen LogP contribution in [0.15, 0.2) is 0 Å². The Morgan fingerprint density at radius 2 is 2.33 bits per heavy atom. The minimum absolute atomic E-state index is 0.0731. The summed E-state index contributed by atoms with van der Waals surface area (Å²) in [5, 5.41) is 12.7. The second-order valence-corrected chi connectivity index (χ2v) is 2.75. The first-order valence-corrected chi connectivity index (χ1v) is 3.92. The van der Waals surface area contributed by atoms with Gasteiger partial charge in [0.1, 0.15) is 0 Å². The van der Waals surface area contributed by atoms with E-state index in [1.807, 2.05) is 6.92 Å². The first-order chi connectivity index (χ1) is 5.57. The van der Waals surface area contributed by atoms with Crippen LogP contribution in [0, 0.1) is 6.92 Å². The number of aryl methyl sites for hydroxylation is 1. The van der Waals surface area contributed by atoms with Crippen molar-refractivity contribution in [3.05, 3.63) is 16.4 Å². The summed E-state index contributed by atoms with van der Waals surface area (Å²) in [6, 6.07) is 0. The molecule has 0 amide bonds. The highest BCUT2D eigenvalue weighted by Crippen LogP contribution is 2.19. The molecule has 0 atom stereocenters. The molecule has 0 unspecified atom stereocenters. The Morgan fingerprint density at radius 1 is 1.75 bits per heavy atom. The fraction of sp³-hybridized carbons (Fsp3) is 0.429.